The van der Waals surface area contributed by atoms with Crippen molar-refractivity contribution in [1.82, 2.24) is 9.80 Å². The van der Waals surface area contributed by atoms with Crippen molar-refractivity contribution in [2.45, 2.75) is 46.0 Å². The van der Waals surface area contributed by atoms with Crippen LogP contribution >= 0.6 is 0 Å². The molecule has 142 valence electrons. The molecular weight excluding hydrogens is 328 g/mol. The summed E-state index contributed by atoms with van der Waals surface area (Å²) in [7, 11) is 0. The molecule has 0 radical (unpaired) electrons. The first kappa shape index (κ1) is 18.7. The average Bonchev–Trinajstić information content (AvgIpc) is 2.68. The van der Waals surface area contributed by atoms with Gasteiger partial charge in [0.1, 0.15) is 5.75 Å². The predicted octanol–water partition coefficient (Wildman–Crippen LogP) is 3.34. The van der Waals surface area contributed by atoms with Crippen molar-refractivity contribution >= 4 is 11.8 Å². The number of ether oxygens (including phenoxy) is 1. The second kappa shape index (κ2) is 8.11. The van der Waals surface area contributed by atoms with Gasteiger partial charge >= 0.3 is 0 Å². The van der Waals surface area contributed by atoms with Gasteiger partial charge in [-0.1, -0.05) is 19.1 Å². The highest BCUT2D eigenvalue weighted by atomic mass is 16.5. The number of para-hydroxylation sites is 1. The lowest BCUT2D eigenvalue weighted by atomic mass is 9.73. The predicted molar refractivity (Wildman–Crippen MR) is 101 cm³/mol. The van der Waals surface area contributed by atoms with E-state index in [1.807, 2.05) is 41.0 Å². The summed E-state index contributed by atoms with van der Waals surface area (Å²) in [6, 6.07) is 7.53. The van der Waals surface area contributed by atoms with E-state index in [0.29, 0.717) is 24.3 Å². The highest BCUT2D eigenvalue weighted by Gasteiger charge is 2.42. The van der Waals surface area contributed by atoms with Crippen molar-refractivity contribution < 1.29 is 14.3 Å². The van der Waals surface area contributed by atoms with Crippen molar-refractivity contribution in [3.63, 3.8) is 0 Å². The van der Waals surface area contributed by atoms with Crippen molar-refractivity contribution in [2.24, 2.45) is 5.41 Å². The summed E-state index contributed by atoms with van der Waals surface area (Å²) in [4.78, 5) is 29.2. The monoisotopic (exact) mass is 358 g/mol. The Hall–Kier alpha value is -2.04. The molecule has 0 aromatic heterocycles. The van der Waals surface area contributed by atoms with Gasteiger partial charge in [0, 0.05) is 38.0 Å². The first-order chi connectivity index (χ1) is 12.6. The Balaban J connectivity index is 1.76. The van der Waals surface area contributed by atoms with E-state index in [1.54, 1.807) is 0 Å². The van der Waals surface area contributed by atoms with Crippen molar-refractivity contribution in [1.29, 1.82) is 0 Å². The first-order valence-electron chi connectivity index (χ1n) is 9.87. The Morgan fingerprint density at radius 2 is 2.00 bits per heavy atom. The highest BCUT2D eigenvalue weighted by molar-refractivity contribution is 5.97. The van der Waals surface area contributed by atoms with E-state index >= 15 is 0 Å². The maximum Gasteiger partial charge on any atom is 0.257 e. The Morgan fingerprint density at radius 1 is 1.19 bits per heavy atom. The molecular formula is C21H30N2O3. The second-order valence-corrected chi connectivity index (χ2v) is 7.58. The van der Waals surface area contributed by atoms with Crippen LogP contribution in [0, 0.1) is 5.41 Å². The minimum atomic E-state index is 0.0516. The average molecular weight is 358 g/mol. The van der Waals surface area contributed by atoms with Gasteiger partial charge in [0.05, 0.1) is 12.2 Å². The van der Waals surface area contributed by atoms with Crippen LogP contribution in [0.1, 0.15) is 56.3 Å². The van der Waals surface area contributed by atoms with Crippen LogP contribution < -0.4 is 4.74 Å². The van der Waals surface area contributed by atoms with E-state index in [9.17, 15) is 9.59 Å². The smallest absolute Gasteiger partial charge is 0.257 e. The topological polar surface area (TPSA) is 49.9 Å². The van der Waals surface area contributed by atoms with E-state index in [2.05, 4.69) is 6.92 Å². The minimum absolute atomic E-state index is 0.0516. The molecule has 2 fully saturated rings. The maximum atomic E-state index is 13.2. The van der Waals surface area contributed by atoms with E-state index in [1.165, 1.54) is 0 Å². The van der Waals surface area contributed by atoms with Crippen LogP contribution in [0.3, 0.4) is 0 Å². The van der Waals surface area contributed by atoms with Crippen molar-refractivity contribution in [2.75, 3.05) is 32.8 Å². The van der Waals surface area contributed by atoms with Gasteiger partial charge in [0.2, 0.25) is 5.91 Å². The van der Waals surface area contributed by atoms with Crippen LogP contribution in [-0.2, 0) is 4.79 Å². The summed E-state index contributed by atoms with van der Waals surface area (Å²) in [5.74, 6) is 0.976. The lowest BCUT2D eigenvalue weighted by Gasteiger charge is -2.48. The third-order valence-electron chi connectivity index (χ3n) is 5.66. The molecule has 0 bridgehead atoms. The van der Waals surface area contributed by atoms with Gasteiger partial charge in [-0.05, 0) is 44.7 Å². The van der Waals surface area contributed by atoms with Crippen LogP contribution in [0.25, 0.3) is 0 Å². The number of rotatable bonds is 5. The summed E-state index contributed by atoms with van der Waals surface area (Å²) < 4.78 is 5.78. The van der Waals surface area contributed by atoms with Crippen LogP contribution in [0.2, 0.25) is 0 Å². The fraction of sp³-hybridized carbons (Fsp3) is 0.619. The van der Waals surface area contributed by atoms with E-state index in [-0.39, 0.29) is 17.2 Å². The molecule has 2 saturated heterocycles. The molecule has 1 spiro atoms. The Morgan fingerprint density at radius 3 is 2.77 bits per heavy atom. The molecule has 5 nitrogen and oxygen atoms in total. The van der Waals surface area contributed by atoms with Crippen molar-refractivity contribution in [3.05, 3.63) is 29.8 Å². The molecule has 0 saturated carbocycles. The molecule has 0 aliphatic carbocycles. The van der Waals surface area contributed by atoms with E-state index < -0.39 is 0 Å². The number of benzene rings is 1. The normalized spacial score (nSPS) is 23.4. The molecule has 3 rings (SSSR count). The number of likely N-dealkylation sites (tertiary alicyclic amines) is 2. The summed E-state index contributed by atoms with van der Waals surface area (Å²) in [5.41, 5.74) is 0.703. The standard InChI is InChI=1S/C21H30N2O3/c1-3-14-26-18-9-6-5-8-17(18)20(25)23-13-7-11-21(16-23)12-10-19(24)22(4-2)15-21/h5-6,8-9H,3-4,7,10-16H2,1-2H3/t21-/m1/s1. The van der Waals surface area contributed by atoms with Gasteiger partial charge in [-0.25, -0.2) is 0 Å². The zero-order chi connectivity index (χ0) is 18.6. The van der Waals surface area contributed by atoms with Crippen LogP contribution in [0.4, 0.5) is 0 Å². The number of nitrogens with zero attached hydrogens (tertiary/aromatic N) is 2. The van der Waals surface area contributed by atoms with Gasteiger partial charge < -0.3 is 14.5 Å². The van der Waals surface area contributed by atoms with E-state index in [4.69, 9.17) is 4.74 Å². The largest absolute Gasteiger partial charge is 0.493 e. The van der Waals surface area contributed by atoms with Gasteiger partial charge in [0.25, 0.3) is 5.91 Å². The number of amides is 2. The zero-order valence-corrected chi connectivity index (χ0v) is 16.0. The molecule has 1 aromatic rings. The molecule has 0 N–H and O–H groups in total. The number of piperidine rings is 2. The van der Waals surface area contributed by atoms with Crippen LogP contribution in [-0.4, -0.2) is 54.4 Å². The molecule has 5 heteroatoms. The third kappa shape index (κ3) is 3.87. The molecule has 1 aromatic carbocycles. The molecule has 2 aliphatic rings. The minimum Gasteiger partial charge on any atom is -0.493 e. The molecule has 2 aliphatic heterocycles. The summed E-state index contributed by atoms with van der Waals surface area (Å²) in [6.45, 7) is 7.75. The second-order valence-electron chi connectivity index (χ2n) is 7.58. The number of hydrogen-bond donors (Lipinski definition) is 0. The summed E-state index contributed by atoms with van der Waals surface area (Å²) in [6.07, 6.45) is 4.49. The quantitative estimate of drug-likeness (QED) is 0.811. The van der Waals surface area contributed by atoms with E-state index in [0.717, 1.165) is 51.9 Å². The van der Waals surface area contributed by atoms with Crippen LogP contribution in [0.5, 0.6) is 5.75 Å². The SMILES string of the molecule is CCCOc1ccccc1C(=O)N1CCC[C@]2(CCC(=O)N(CC)C2)C1. The van der Waals surface area contributed by atoms with Gasteiger partial charge in [-0.3, -0.25) is 9.59 Å². The number of hydrogen-bond acceptors (Lipinski definition) is 3. The molecule has 0 unspecified atom stereocenters. The maximum absolute atomic E-state index is 13.2. The number of carbonyl (C=O) groups excluding carboxylic acids is 2. The summed E-state index contributed by atoms with van der Waals surface area (Å²) in [5, 5.41) is 0. The fourth-order valence-corrected chi connectivity index (χ4v) is 4.26. The first-order valence-corrected chi connectivity index (χ1v) is 9.87. The van der Waals surface area contributed by atoms with Gasteiger partial charge in [-0.2, -0.15) is 0 Å². The highest BCUT2D eigenvalue weighted by Crippen LogP contribution is 2.39. The Labute approximate surface area is 156 Å². The number of carbonyl (C=O) groups is 2. The van der Waals surface area contributed by atoms with Crippen molar-refractivity contribution in [3.8, 4) is 5.75 Å². The molecule has 2 heterocycles. The third-order valence-corrected chi connectivity index (χ3v) is 5.66. The zero-order valence-electron chi connectivity index (χ0n) is 16.0. The molecule has 26 heavy (non-hydrogen) atoms. The molecule has 1 atom stereocenters. The van der Waals surface area contributed by atoms with Gasteiger partial charge in [0.15, 0.2) is 0 Å². The lowest BCUT2D eigenvalue weighted by Crippen LogP contribution is -2.55. The Bertz CT molecular complexity index is 660. The summed E-state index contributed by atoms with van der Waals surface area (Å²) >= 11 is 0. The lowest BCUT2D eigenvalue weighted by molar-refractivity contribution is -0.138. The van der Waals surface area contributed by atoms with Gasteiger partial charge in [-0.15, -0.1) is 0 Å². The van der Waals surface area contributed by atoms with Crippen LogP contribution in [0.15, 0.2) is 24.3 Å². The fourth-order valence-electron chi connectivity index (χ4n) is 4.26. The molecule has 2 amide bonds. The Kier molecular flexibility index (Phi) is 5.84.